The van der Waals surface area contributed by atoms with Crippen molar-refractivity contribution in [3.63, 3.8) is 0 Å². The molecule has 3 aromatic carbocycles. The van der Waals surface area contributed by atoms with Crippen LogP contribution in [0.25, 0.3) is 32.8 Å². The van der Waals surface area contributed by atoms with Crippen LogP contribution in [-0.4, -0.2) is 52.8 Å². The van der Waals surface area contributed by atoms with Crippen LogP contribution in [0.15, 0.2) is 48.5 Å². The second kappa shape index (κ2) is 8.73. The van der Waals surface area contributed by atoms with Gasteiger partial charge < -0.3 is 20.1 Å². The summed E-state index contributed by atoms with van der Waals surface area (Å²) in [6.45, 7) is 1.53. The predicted octanol–water partition coefficient (Wildman–Crippen LogP) is 5.66. The van der Waals surface area contributed by atoms with Gasteiger partial charge in [-0.3, -0.25) is 0 Å². The minimum Gasteiger partial charge on any atom is -0.508 e. The third-order valence-electron chi connectivity index (χ3n) is 8.04. The molecule has 38 heavy (non-hydrogen) atoms. The lowest BCUT2D eigenvalue weighted by Gasteiger charge is -2.35. The van der Waals surface area contributed by atoms with Gasteiger partial charge in [0.1, 0.15) is 17.1 Å². The van der Waals surface area contributed by atoms with Gasteiger partial charge in [-0.25, -0.2) is 13.2 Å². The first-order valence-electron chi connectivity index (χ1n) is 13.1. The van der Waals surface area contributed by atoms with Crippen LogP contribution >= 0.6 is 0 Å². The molecule has 4 aromatic rings. The molecule has 6 nitrogen and oxygen atoms in total. The number of nitrogens with one attached hydrogen (secondary N) is 1. The molecule has 2 aliphatic heterocycles. The molecule has 196 valence electrons. The summed E-state index contributed by atoms with van der Waals surface area (Å²) in [4.78, 5) is 11.3. The summed E-state index contributed by atoms with van der Waals surface area (Å²) >= 11 is 0. The van der Waals surface area contributed by atoms with Gasteiger partial charge in [0, 0.05) is 54.9 Å². The Bertz CT molecular complexity index is 1540. The molecular formula is C29H27F3N4O2. The van der Waals surface area contributed by atoms with Crippen LogP contribution in [-0.2, 0) is 0 Å². The highest BCUT2D eigenvalue weighted by atomic mass is 19.3. The average Bonchev–Trinajstić information content (AvgIpc) is 3.22. The minimum absolute atomic E-state index is 0.00888. The summed E-state index contributed by atoms with van der Waals surface area (Å²) in [7, 11) is 0. The van der Waals surface area contributed by atoms with Crippen molar-refractivity contribution in [2.45, 2.75) is 43.7 Å². The maximum absolute atomic E-state index is 16.3. The van der Waals surface area contributed by atoms with Crippen LogP contribution in [0.4, 0.5) is 19.0 Å². The number of rotatable bonds is 5. The Morgan fingerprint density at radius 2 is 1.74 bits per heavy atom. The van der Waals surface area contributed by atoms with Gasteiger partial charge in [-0.2, -0.15) is 9.97 Å². The number of phenols is 1. The molecule has 0 amide bonds. The number of hydrogen-bond acceptors (Lipinski definition) is 6. The molecule has 0 spiro atoms. The number of aromatic nitrogens is 2. The Morgan fingerprint density at radius 3 is 2.50 bits per heavy atom. The van der Waals surface area contributed by atoms with E-state index < -0.39 is 11.7 Å². The van der Waals surface area contributed by atoms with Crippen molar-refractivity contribution in [2.24, 2.45) is 5.92 Å². The lowest BCUT2D eigenvalue weighted by molar-refractivity contribution is -0.119. The highest BCUT2D eigenvalue weighted by Crippen LogP contribution is 2.43. The molecule has 7 rings (SSSR count). The molecule has 3 fully saturated rings. The standard InChI is InChI=1S/C29H27F3N4O2/c30-25-22(24-10-20(37)9-17-3-1-2-4-21(17)24)7-8-23-26(25)34-28(38-15-16-11-29(31,32)12-16)35-27(23)36-13-18-5-6-19(14-36)33-18/h1-4,7-10,16,18-19,33,37H,5-6,11-15H2. The molecule has 9 heteroatoms. The van der Waals surface area contributed by atoms with E-state index in [1.54, 1.807) is 18.2 Å². The van der Waals surface area contributed by atoms with E-state index in [1.807, 2.05) is 30.3 Å². The number of piperazine rings is 1. The van der Waals surface area contributed by atoms with Crippen molar-refractivity contribution in [1.29, 1.82) is 0 Å². The molecule has 1 aliphatic carbocycles. The minimum atomic E-state index is -2.64. The summed E-state index contributed by atoms with van der Waals surface area (Å²) in [5.74, 6) is -2.83. The average molecular weight is 521 g/mol. The predicted molar refractivity (Wildman–Crippen MR) is 139 cm³/mol. The fourth-order valence-electron chi connectivity index (χ4n) is 6.22. The molecule has 2 saturated heterocycles. The second-order valence-corrected chi connectivity index (χ2v) is 10.9. The van der Waals surface area contributed by atoms with Gasteiger partial charge in [-0.15, -0.1) is 0 Å². The zero-order valence-electron chi connectivity index (χ0n) is 20.6. The summed E-state index contributed by atoms with van der Waals surface area (Å²) in [6, 6.07) is 14.9. The number of nitrogens with zero attached hydrogens (tertiary/aromatic N) is 3. The molecule has 2 N–H and O–H groups in total. The SMILES string of the molecule is Oc1cc(-c2ccc3c(N4CC5CCC(C4)N5)nc(OCC4CC(F)(F)C4)nc3c2F)c2ccccc2c1. The van der Waals surface area contributed by atoms with Crippen molar-refractivity contribution in [1.82, 2.24) is 15.3 Å². The highest BCUT2D eigenvalue weighted by Gasteiger charge is 2.45. The van der Waals surface area contributed by atoms with Crippen molar-refractivity contribution in [3.05, 3.63) is 54.3 Å². The van der Waals surface area contributed by atoms with Gasteiger partial charge in [-0.1, -0.05) is 30.3 Å². The number of alkyl halides is 2. The lowest BCUT2D eigenvalue weighted by Crippen LogP contribution is -2.51. The number of fused-ring (bicyclic) bond motifs is 4. The van der Waals surface area contributed by atoms with E-state index in [0.29, 0.717) is 34.4 Å². The second-order valence-electron chi connectivity index (χ2n) is 10.9. The Balaban J connectivity index is 1.34. The van der Waals surface area contributed by atoms with E-state index in [-0.39, 0.29) is 42.6 Å². The number of ether oxygens (including phenoxy) is 1. The van der Waals surface area contributed by atoms with Crippen molar-refractivity contribution < 1.29 is 23.0 Å². The Kier molecular flexibility index (Phi) is 5.40. The topological polar surface area (TPSA) is 70.5 Å². The van der Waals surface area contributed by atoms with Crippen LogP contribution in [0.2, 0.25) is 0 Å². The molecular weight excluding hydrogens is 493 g/mol. The zero-order valence-corrected chi connectivity index (χ0v) is 20.6. The van der Waals surface area contributed by atoms with Crippen LogP contribution in [0.5, 0.6) is 11.8 Å². The van der Waals surface area contributed by atoms with Crippen LogP contribution < -0.4 is 15.0 Å². The molecule has 3 aliphatic rings. The number of halogens is 3. The smallest absolute Gasteiger partial charge is 0.319 e. The Morgan fingerprint density at radius 1 is 0.974 bits per heavy atom. The van der Waals surface area contributed by atoms with E-state index in [9.17, 15) is 13.9 Å². The van der Waals surface area contributed by atoms with E-state index in [2.05, 4.69) is 20.2 Å². The normalized spacial score (nSPS) is 22.7. The van der Waals surface area contributed by atoms with E-state index in [1.165, 1.54) is 0 Å². The van der Waals surface area contributed by atoms with Gasteiger partial charge in [0.15, 0.2) is 5.82 Å². The first kappa shape index (κ1) is 23.5. The largest absolute Gasteiger partial charge is 0.508 e. The van der Waals surface area contributed by atoms with Crippen molar-refractivity contribution in [2.75, 3.05) is 24.6 Å². The molecule has 2 bridgehead atoms. The summed E-state index contributed by atoms with van der Waals surface area (Å²) in [5.41, 5.74) is 0.971. The van der Waals surface area contributed by atoms with Gasteiger partial charge >= 0.3 is 6.01 Å². The fourth-order valence-corrected chi connectivity index (χ4v) is 6.22. The van der Waals surface area contributed by atoms with Gasteiger partial charge in [-0.05, 0) is 47.4 Å². The molecule has 0 radical (unpaired) electrons. The Hall–Kier alpha value is -3.59. The molecule has 3 heterocycles. The Labute approximate surface area is 217 Å². The fraction of sp³-hybridized carbons (Fsp3) is 0.379. The lowest BCUT2D eigenvalue weighted by atomic mass is 9.82. The third-order valence-corrected chi connectivity index (χ3v) is 8.04. The van der Waals surface area contributed by atoms with Crippen LogP contribution in [0.1, 0.15) is 25.7 Å². The van der Waals surface area contributed by atoms with E-state index in [4.69, 9.17) is 4.74 Å². The maximum atomic E-state index is 16.3. The van der Waals surface area contributed by atoms with Gasteiger partial charge in [0.2, 0.25) is 5.92 Å². The van der Waals surface area contributed by atoms with Gasteiger partial charge in [0.25, 0.3) is 0 Å². The van der Waals surface area contributed by atoms with E-state index >= 15 is 4.39 Å². The molecule has 1 saturated carbocycles. The van der Waals surface area contributed by atoms with Gasteiger partial charge in [0.05, 0.1) is 6.61 Å². The van der Waals surface area contributed by atoms with Crippen molar-refractivity contribution in [3.8, 4) is 22.9 Å². The first-order chi connectivity index (χ1) is 18.3. The summed E-state index contributed by atoms with van der Waals surface area (Å²) in [6.07, 6.45) is 1.70. The quantitative estimate of drug-likeness (QED) is 0.354. The third kappa shape index (κ3) is 4.09. The maximum Gasteiger partial charge on any atom is 0.319 e. The van der Waals surface area contributed by atoms with E-state index in [0.717, 1.165) is 36.7 Å². The number of anilines is 1. The van der Waals surface area contributed by atoms with Crippen molar-refractivity contribution >= 4 is 27.5 Å². The molecule has 1 aromatic heterocycles. The highest BCUT2D eigenvalue weighted by molar-refractivity contribution is 6.01. The molecule has 2 atom stereocenters. The summed E-state index contributed by atoms with van der Waals surface area (Å²) < 4.78 is 48.8. The van der Waals surface area contributed by atoms with Crippen LogP contribution in [0.3, 0.4) is 0 Å². The number of aromatic hydroxyl groups is 1. The zero-order chi connectivity index (χ0) is 26.0. The van der Waals surface area contributed by atoms with Crippen LogP contribution in [0, 0.1) is 11.7 Å². The number of phenolic OH excluding ortho intramolecular Hbond substituents is 1. The molecule has 2 unspecified atom stereocenters. The monoisotopic (exact) mass is 520 g/mol. The number of benzene rings is 3. The summed E-state index contributed by atoms with van der Waals surface area (Å²) in [5, 5.41) is 16.1. The first-order valence-corrected chi connectivity index (χ1v) is 13.1. The number of hydrogen-bond donors (Lipinski definition) is 2.